The Hall–Kier alpha value is -0.580. The predicted octanol–water partition coefficient (Wildman–Crippen LogP) is 6.04. The molecule has 1 atom stereocenters. The van der Waals surface area contributed by atoms with Gasteiger partial charge in [-0.05, 0) is 58.2 Å². The van der Waals surface area contributed by atoms with Gasteiger partial charge in [0.1, 0.15) is 11.6 Å². The lowest BCUT2D eigenvalue weighted by molar-refractivity contribution is 0.408. The van der Waals surface area contributed by atoms with Crippen molar-refractivity contribution in [3.63, 3.8) is 0 Å². The third kappa shape index (κ3) is 3.18. The fourth-order valence-corrected chi connectivity index (χ4v) is 3.92. The molecule has 0 amide bonds. The van der Waals surface area contributed by atoms with Crippen LogP contribution in [0.3, 0.4) is 0 Å². The zero-order valence-corrected chi connectivity index (χ0v) is 14.8. The lowest BCUT2D eigenvalue weighted by Crippen LogP contribution is -2.00. The molecular weight excluding hydrogens is 410 g/mol. The molecule has 0 radical (unpaired) electrons. The van der Waals surface area contributed by atoms with Gasteiger partial charge in [0.05, 0.1) is 16.4 Å². The number of benzene rings is 2. The molecule has 2 aromatic rings. The van der Waals surface area contributed by atoms with E-state index in [0.29, 0.717) is 10.8 Å². The Morgan fingerprint density at radius 2 is 1.90 bits per heavy atom. The molecule has 0 saturated carbocycles. The van der Waals surface area contributed by atoms with E-state index in [1.54, 1.807) is 19.2 Å². The molecule has 0 N–H and O–H groups in total. The zero-order chi connectivity index (χ0) is 14.9. The van der Waals surface area contributed by atoms with Gasteiger partial charge in [0.15, 0.2) is 0 Å². The summed E-state index contributed by atoms with van der Waals surface area (Å²) in [5.74, 6) is 0.463. The van der Waals surface area contributed by atoms with Crippen LogP contribution in [0, 0.1) is 12.7 Å². The second kappa shape index (κ2) is 6.46. The second-order valence-corrected chi connectivity index (χ2v) is 6.58. The fourth-order valence-electron chi connectivity index (χ4n) is 2.07. The van der Waals surface area contributed by atoms with E-state index in [-0.39, 0.29) is 10.6 Å². The molecular formula is C15H12Br2ClFO. The first-order chi connectivity index (χ1) is 9.43. The molecule has 0 aliphatic rings. The first-order valence-electron chi connectivity index (χ1n) is 5.87. The Labute approximate surface area is 139 Å². The van der Waals surface area contributed by atoms with Gasteiger partial charge in [-0.2, -0.15) is 0 Å². The van der Waals surface area contributed by atoms with E-state index in [1.807, 2.05) is 13.0 Å². The average Bonchev–Trinajstić information content (AvgIpc) is 2.37. The van der Waals surface area contributed by atoms with E-state index in [0.717, 1.165) is 21.2 Å². The summed E-state index contributed by atoms with van der Waals surface area (Å²) in [7, 11) is 1.61. The van der Waals surface area contributed by atoms with Crippen molar-refractivity contribution >= 4 is 43.5 Å². The highest BCUT2D eigenvalue weighted by Crippen LogP contribution is 2.42. The van der Waals surface area contributed by atoms with Crippen LogP contribution >= 0.6 is 43.5 Å². The summed E-state index contributed by atoms with van der Waals surface area (Å²) in [5.41, 5.74) is 2.73. The number of rotatable bonds is 3. The smallest absolute Gasteiger partial charge is 0.137 e. The number of hydrogen-bond acceptors (Lipinski definition) is 1. The summed E-state index contributed by atoms with van der Waals surface area (Å²) in [6.45, 7) is 1.87. The molecule has 1 unspecified atom stereocenters. The first-order valence-corrected chi connectivity index (χ1v) is 7.95. The molecule has 0 aromatic heterocycles. The van der Waals surface area contributed by atoms with Gasteiger partial charge in [-0.25, -0.2) is 4.39 Å². The van der Waals surface area contributed by atoms with Gasteiger partial charge in [-0.1, -0.05) is 33.6 Å². The minimum absolute atomic E-state index is 0.131. The third-order valence-electron chi connectivity index (χ3n) is 3.02. The van der Waals surface area contributed by atoms with E-state index in [1.165, 1.54) is 12.1 Å². The maximum atomic E-state index is 13.2. The van der Waals surface area contributed by atoms with Crippen molar-refractivity contribution in [2.75, 3.05) is 7.11 Å². The van der Waals surface area contributed by atoms with Crippen molar-refractivity contribution < 1.29 is 9.13 Å². The third-order valence-corrected chi connectivity index (χ3v) is 4.81. The summed E-state index contributed by atoms with van der Waals surface area (Å²) >= 11 is 13.2. The van der Waals surface area contributed by atoms with Gasteiger partial charge in [-0.3, -0.25) is 0 Å². The number of halogens is 4. The van der Waals surface area contributed by atoms with E-state index in [9.17, 15) is 4.39 Å². The van der Waals surface area contributed by atoms with Crippen LogP contribution in [0.2, 0.25) is 5.02 Å². The summed E-state index contributed by atoms with van der Waals surface area (Å²) in [4.78, 5) is -0.131. The van der Waals surface area contributed by atoms with Crippen LogP contribution in [0.5, 0.6) is 5.75 Å². The van der Waals surface area contributed by atoms with Gasteiger partial charge in [0.2, 0.25) is 0 Å². The molecule has 0 saturated heterocycles. The largest absolute Gasteiger partial charge is 0.495 e. The van der Waals surface area contributed by atoms with E-state index in [2.05, 4.69) is 31.9 Å². The van der Waals surface area contributed by atoms with E-state index >= 15 is 0 Å². The van der Waals surface area contributed by atoms with Gasteiger partial charge < -0.3 is 4.74 Å². The van der Waals surface area contributed by atoms with Crippen LogP contribution in [0.1, 0.15) is 21.5 Å². The standard InChI is InChI=1S/C15H12Br2ClFO/c1-8-5-10(19)3-4-11(8)14(17)12-6-9(18)7-13(16)15(12)20-2/h3-7,14H,1-2H3. The highest BCUT2D eigenvalue weighted by Gasteiger charge is 2.20. The average molecular weight is 423 g/mol. The molecule has 0 aliphatic carbocycles. The Bertz CT molecular complexity index is 646. The Morgan fingerprint density at radius 3 is 2.50 bits per heavy atom. The molecule has 2 aromatic carbocycles. The Morgan fingerprint density at radius 1 is 1.20 bits per heavy atom. The quantitative estimate of drug-likeness (QED) is 0.548. The summed E-state index contributed by atoms with van der Waals surface area (Å²) in [5, 5.41) is 0.608. The van der Waals surface area contributed by atoms with Crippen molar-refractivity contribution in [2.24, 2.45) is 0 Å². The minimum Gasteiger partial charge on any atom is -0.495 e. The number of aryl methyl sites for hydroxylation is 1. The lowest BCUT2D eigenvalue weighted by atomic mass is 9.99. The fraction of sp³-hybridized carbons (Fsp3) is 0.200. The van der Waals surface area contributed by atoms with Crippen LogP contribution in [0.25, 0.3) is 0 Å². The maximum Gasteiger partial charge on any atom is 0.137 e. The van der Waals surface area contributed by atoms with Crippen LogP contribution in [-0.2, 0) is 0 Å². The number of hydrogen-bond donors (Lipinski definition) is 0. The van der Waals surface area contributed by atoms with Gasteiger partial charge in [0.25, 0.3) is 0 Å². The molecule has 0 heterocycles. The minimum atomic E-state index is -0.245. The van der Waals surface area contributed by atoms with Crippen LogP contribution in [-0.4, -0.2) is 7.11 Å². The van der Waals surface area contributed by atoms with Crippen LogP contribution < -0.4 is 4.74 Å². The van der Waals surface area contributed by atoms with Crippen molar-refractivity contribution in [1.29, 1.82) is 0 Å². The van der Waals surface area contributed by atoms with Crippen LogP contribution in [0.4, 0.5) is 4.39 Å². The van der Waals surface area contributed by atoms with Gasteiger partial charge >= 0.3 is 0 Å². The van der Waals surface area contributed by atoms with Crippen molar-refractivity contribution in [3.8, 4) is 5.75 Å². The predicted molar refractivity (Wildman–Crippen MR) is 87.6 cm³/mol. The van der Waals surface area contributed by atoms with Gasteiger partial charge in [-0.15, -0.1) is 0 Å². The first kappa shape index (κ1) is 15.8. The summed E-state index contributed by atoms with van der Waals surface area (Å²) in [6.07, 6.45) is 0. The maximum absolute atomic E-state index is 13.2. The van der Waals surface area contributed by atoms with Crippen molar-refractivity contribution in [3.05, 3.63) is 62.3 Å². The van der Waals surface area contributed by atoms with E-state index < -0.39 is 0 Å². The molecule has 0 bridgehead atoms. The van der Waals surface area contributed by atoms with Crippen molar-refractivity contribution in [1.82, 2.24) is 0 Å². The lowest BCUT2D eigenvalue weighted by Gasteiger charge is -2.18. The molecule has 5 heteroatoms. The summed E-state index contributed by atoms with van der Waals surface area (Å²) in [6, 6.07) is 8.34. The molecule has 0 aliphatic heterocycles. The van der Waals surface area contributed by atoms with Crippen molar-refractivity contribution in [2.45, 2.75) is 11.8 Å². The highest BCUT2D eigenvalue weighted by atomic mass is 79.9. The summed E-state index contributed by atoms with van der Waals surface area (Å²) < 4.78 is 19.4. The zero-order valence-electron chi connectivity index (χ0n) is 10.9. The van der Waals surface area contributed by atoms with Gasteiger partial charge in [0, 0.05) is 10.6 Å². The van der Waals surface area contributed by atoms with E-state index in [4.69, 9.17) is 16.3 Å². The molecule has 2 rings (SSSR count). The Kier molecular flexibility index (Phi) is 5.10. The monoisotopic (exact) mass is 420 g/mol. The molecule has 1 nitrogen and oxygen atoms in total. The Balaban J connectivity index is 2.55. The highest BCUT2D eigenvalue weighted by molar-refractivity contribution is 9.10. The molecule has 106 valence electrons. The second-order valence-electron chi connectivity index (χ2n) is 4.37. The number of methoxy groups -OCH3 is 1. The number of alkyl halides is 1. The molecule has 20 heavy (non-hydrogen) atoms. The number of ether oxygens (including phenoxy) is 1. The molecule has 0 fully saturated rings. The SMILES string of the molecule is COc1c(Br)cc(Cl)cc1C(Br)c1ccc(F)cc1C. The topological polar surface area (TPSA) is 9.23 Å². The van der Waals surface area contributed by atoms with Crippen LogP contribution in [0.15, 0.2) is 34.8 Å². The normalized spacial score (nSPS) is 12.3. The molecule has 0 spiro atoms.